The number of hydrogen-bond donors (Lipinski definition) is 2. The summed E-state index contributed by atoms with van der Waals surface area (Å²) in [5.41, 5.74) is 2.07. The van der Waals surface area contributed by atoms with E-state index in [1.165, 1.54) is 19.1 Å². The Morgan fingerprint density at radius 1 is 0.871 bits per heavy atom. The van der Waals surface area contributed by atoms with Gasteiger partial charge in [-0.05, 0) is 54.1 Å². The first-order valence-corrected chi connectivity index (χ1v) is 9.72. The van der Waals surface area contributed by atoms with Crippen LogP contribution in [0.25, 0.3) is 6.08 Å². The number of anilines is 2. The molecular formula is C24H19ClN2O4. The lowest BCUT2D eigenvalue weighted by molar-refractivity contribution is -0.131. The predicted molar refractivity (Wildman–Crippen MR) is 121 cm³/mol. The van der Waals surface area contributed by atoms with E-state index in [-0.39, 0.29) is 17.6 Å². The Kier molecular flexibility index (Phi) is 7.19. The van der Waals surface area contributed by atoms with Gasteiger partial charge in [0.1, 0.15) is 5.75 Å². The molecule has 0 fully saturated rings. The van der Waals surface area contributed by atoms with Crippen LogP contribution in [0.2, 0.25) is 5.02 Å². The number of rotatable bonds is 6. The third-order valence-electron chi connectivity index (χ3n) is 4.07. The maximum atomic E-state index is 12.5. The summed E-state index contributed by atoms with van der Waals surface area (Å²) < 4.78 is 5.00. The molecule has 3 rings (SSSR count). The van der Waals surface area contributed by atoms with Crippen LogP contribution in [0, 0.1) is 0 Å². The van der Waals surface area contributed by atoms with Crippen molar-refractivity contribution in [1.29, 1.82) is 0 Å². The number of amides is 2. The molecule has 0 unspecified atom stereocenters. The fraction of sp³-hybridized carbons (Fsp3) is 0.0417. The Labute approximate surface area is 184 Å². The highest BCUT2D eigenvalue weighted by molar-refractivity contribution is 6.32. The molecule has 3 aromatic rings. The Bertz CT molecular complexity index is 1160. The van der Waals surface area contributed by atoms with Crippen LogP contribution in [-0.4, -0.2) is 17.8 Å². The first-order valence-electron chi connectivity index (χ1n) is 9.34. The molecule has 0 saturated heterocycles. The summed E-state index contributed by atoms with van der Waals surface area (Å²) in [6.07, 6.45) is 3.01. The molecule has 0 aliphatic carbocycles. The van der Waals surface area contributed by atoms with Crippen LogP contribution in [0.5, 0.6) is 5.75 Å². The van der Waals surface area contributed by atoms with Gasteiger partial charge in [0, 0.05) is 35.0 Å². The van der Waals surface area contributed by atoms with E-state index in [4.69, 9.17) is 16.3 Å². The van der Waals surface area contributed by atoms with Gasteiger partial charge in [-0.3, -0.25) is 14.4 Å². The highest BCUT2D eigenvalue weighted by Crippen LogP contribution is 2.19. The van der Waals surface area contributed by atoms with Gasteiger partial charge in [-0.15, -0.1) is 0 Å². The molecule has 0 heterocycles. The van der Waals surface area contributed by atoms with Crippen molar-refractivity contribution < 1.29 is 19.1 Å². The van der Waals surface area contributed by atoms with Gasteiger partial charge in [-0.1, -0.05) is 41.9 Å². The molecule has 0 spiro atoms. The minimum Gasteiger partial charge on any atom is -0.427 e. The highest BCUT2D eigenvalue weighted by atomic mass is 35.5. The lowest BCUT2D eigenvalue weighted by Gasteiger charge is -2.09. The maximum Gasteiger partial charge on any atom is 0.308 e. The van der Waals surface area contributed by atoms with E-state index in [0.29, 0.717) is 22.0 Å². The SMILES string of the molecule is CC(=O)Oc1cccc(C(=O)Nc2cccc(NC(=O)/C=C/c3ccccc3Cl)c2)c1. The van der Waals surface area contributed by atoms with Crippen LogP contribution in [-0.2, 0) is 9.59 Å². The van der Waals surface area contributed by atoms with Crippen LogP contribution < -0.4 is 15.4 Å². The lowest BCUT2D eigenvalue weighted by atomic mass is 10.2. The van der Waals surface area contributed by atoms with E-state index < -0.39 is 5.97 Å². The van der Waals surface area contributed by atoms with Crippen molar-refractivity contribution in [2.75, 3.05) is 10.6 Å². The van der Waals surface area contributed by atoms with Crippen molar-refractivity contribution >= 4 is 46.8 Å². The second kappa shape index (κ2) is 10.2. The average Bonchev–Trinajstić information content (AvgIpc) is 2.73. The zero-order chi connectivity index (χ0) is 22.2. The van der Waals surface area contributed by atoms with Crippen LogP contribution >= 0.6 is 11.6 Å². The Balaban J connectivity index is 1.65. The molecule has 0 aromatic heterocycles. The molecule has 0 bridgehead atoms. The van der Waals surface area contributed by atoms with Crippen molar-refractivity contribution in [3.8, 4) is 5.75 Å². The Morgan fingerprint density at radius 3 is 2.32 bits per heavy atom. The average molecular weight is 435 g/mol. The molecule has 6 nitrogen and oxygen atoms in total. The van der Waals surface area contributed by atoms with Gasteiger partial charge in [-0.2, -0.15) is 0 Å². The summed E-state index contributed by atoms with van der Waals surface area (Å²) in [5, 5.41) is 6.04. The minimum atomic E-state index is -0.468. The van der Waals surface area contributed by atoms with Crippen LogP contribution in [0.15, 0.2) is 78.9 Å². The second-order valence-corrected chi connectivity index (χ2v) is 6.91. The molecule has 0 radical (unpaired) electrons. The van der Waals surface area contributed by atoms with Crippen molar-refractivity contribution in [1.82, 2.24) is 0 Å². The van der Waals surface area contributed by atoms with Gasteiger partial charge >= 0.3 is 5.97 Å². The second-order valence-electron chi connectivity index (χ2n) is 6.50. The molecule has 3 aromatic carbocycles. The molecule has 31 heavy (non-hydrogen) atoms. The summed E-state index contributed by atoms with van der Waals surface area (Å²) >= 11 is 6.07. The summed E-state index contributed by atoms with van der Waals surface area (Å²) in [7, 11) is 0. The first kappa shape index (κ1) is 21.8. The Hall–Kier alpha value is -3.90. The van der Waals surface area contributed by atoms with Gasteiger partial charge in [0.25, 0.3) is 5.91 Å². The number of esters is 1. The number of hydrogen-bond acceptors (Lipinski definition) is 4. The topological polar surface area (TPSA) is 84.5 Å². The van der Waals surface area contributed by atoms with Crippen molar-refractivity contribution in [2.45, 2.75) is 6.92 Å². The minimum absolute atomic E-state index is 0.284. The van der Waals surface area contributed by atoms with Crippen molar-refractivity contribution in [3.63, 3.8) is 0 Å². The fourth-order valence-electron chi connectivity index (χ4n) is 2.70. The third-order valence-corrected chi connectivity index (χ3v) is 4.41. The molecule has 7 heteroatoms. The molecule has 0 aliphatic heterocycles. The quantitative estimate of drug-likeness (QED) is 0.318. The standard InChI is InChI=1S/C24H19ClN2O4/c1-16(28)31-21-10-4-7-18(14-21)24(30)27-20-9-5-8-19(15-20)26-23(29)13-12-17-6-2-3-11-22(17)25/h2-15H,1H3,(H,26,29)(H,27,30)/b13-12+. The van der Waals surface area contributed by atoms with Gasteiger partial charge in [-0.25, -0.2) is 0 Å². The van der Waals surface area contributed by atoms with E-state index in [1.807, 2.05) is 12.1 Å². The van der Waals surface area contributed by atoms with Gasteiger partial charge < -0.3 is 15.4 Å². The van der Waals surface area contributed by atoms with E-state index in [2.05, 4.69) is 10.6 Å². The summed E-state index contributed by atoms with van der Waals surface area (Å²) in [5.74, 6) is -0.898. The number of ether oxygens (including phenoxy) is 1. The molecule has 0 saturated carbocycles. The largest absolute Gasteiger partial charge is 0.427 e. The molecule has 2 amide bonds. The number of nitrogens with one attached hydrogen (secondary N) is 2. The number of carbonyl (C=O) groups excluding carboxylic acids is 3. The molecular weight excluding hydrogens is 416 g/mol. The number of halogens is 1. The van der Waals surface area contributed by atoms with E-state index in [0.717, 1.165) is 5.56 Å². The van der Waals surface area contributed by atoms with Crippen LogP contribution in [0.3, 0.4) is 0 Å². The molecule has 0 aliphatic rings. The molecule has 2 N–H and O–H groups in total. The van der Waals surface area contributed by atoms with Crippen LogP contribution in [0.4, 0.5) is 11.4 Å². The predicted octanol–water partition coefficient (Wildman–Crippen LogP) is 5.17. The summed E-state index contributed by atoms with van der Waals surface area (Å²) in [6, 6.07) is 20.2. The van der Waals surface area contributed by atoms with Gasteiger partial charge in [0.2, 0.25) is 5.91 Å². The van der Waals surface area contributed by atoms with E-state index >= 15 is 0 Å². The summed E-state index contributed by atoms with van der Waals surface area (Å²) in [6.45, 7) is 1.29. The summed E-state index contributed by atoms with van der Waals surface area (Å²) in [4.78, 5) is 35.8. The smallest absolute Gasteiger partial charge is 0.308 e. The van der Waals surface area contributed by atoms with Crippen molar-refractivity contribution in [3.05, 3.63) is 95.0 Å². The fourth-order valence-corrected chi connectivity index (χ4v) is 2.90. The number of carbonyl (C=O) groups is 3. The zero-order valence-electron chi connectivity index (χ0n) is 16.6. The normalized spacial score (nSPS) is 10.5. The first-order chi connectivity index (χ1) is 14.9. The van der Waals surface area contributed by atoms with Gasteiger partial charge in [0.05, 0.1) is 0 Å². The highest BCUT2D eigenvalue weighted by Gasteiger charge is 2.09. The molecule has 156 valence electrons. The van der Waals surface area contributed by atoms with E-state index in [9.17, 15) is 14.4 Å². The van der Waals surface area contributed by atoms with E-state index in [1.54, 1.807) is 60.7 Å². The number of benzene rings is 3. The van der Waals surface area contributed by atoms with Gasteiger partial charge in [0.15, 0.2) is 0 Å². The molecule has 0 atom stereocenters. The lowest BCUT2D eigenvalue weighted by Crippen LogP contribution is -2.13. The third kappa shape index (κ3) is 6.55. The maximum absolute atomic E-state index is 12.5. The Morgan fingerprint density at radius 2 is 1.58 bits per heavy atom. The van der Waals surface area contributed by atoms with Crippen LogP contribution in [0.1, 0.15) is 22.8 Å². The monoisotopic (exact) mass is 434 g/mol. The zero-order valence-corrected chi connectivity index (χ0v) is 17.3. The van der Waals surface area contributed by atoms with Crippen molar-refractivity contribution in [2.24, 2.45) is 0 Å².